The van der Waals surface area contributed by atoms with Gasteiger partial charge < -0.3 is 4.74 Å². The summed E-state index contributed by atoms with van der Waals surface area (Å²) < 4.78 is 45.6. The van der Waals surface area contributed by atoms with Crippen molar-refractivity contribution < 1.29 is 22.7 Å². The lowest BCUT2D eigenvalue weighted by Crippen LogP contribution is -2.33. The van der Waals surface area contributed by atoms with E-state index in [-0.39, 0.29) is 31.1 Å². The third-order valence-corrected chi connectivity index (χ3v) is 6.85. The van der Waals surface area contributed by atoms with Crippen molar-refractivity contribution in [3.8, 4) is 11.1 Å². The number of esters is 1. The lowest BCUT2D eigenvalue weighted by atomic mass is 9.93. The van der Waals surface area contributed by atoms with Gasteiger partial charge in [0.1, 0.15) is 0 Å². The summed E-state index contributed by atoms with van der Waals surface area (Å²) in [7, 11) is 0. The van der Waals surface area contributed by atoms with Gasteiger partial charge in [-0.05, 0) is 59.9 Å². The molecule has 6 heteroatoms. The van der Waals surface area contributed by atoms with Crippen LogP contribution in [0.5, 0.6) is 0 Å². The van der Waals surface area contributed by atoms with Gasteiger partial charge in [-0.15, -0.1) is 0 Å². The van der Waals surface area contributed by atoms with Crippen molar-refractivity contribution in [3.63, 3.8) is 0 Å². The van der Waals surface area contributed by atoms with E-state index in [1.165, 1.54) is 6.07 Å². The lowest BCUT2D eigenvalue weighted by molar-refractivity contribution is -0.145. The number of hydrogen-bond acceptors (Lipinski definition) is 3. The van der Waals surface area contributed by atoms with Crippen molar-refractivity contribution in [1.82, 2.24) is 4.90 Å². The molecule has 0 fully saturated rings. The third-order valence-electron chi connectivity index (χ3n) is 6.85. The van der Waals surface area contributed by atoms with Gasteiger partial charge in [0.15, 0.2) is 0 Å². The van der Waals surface area contributed by atoms with E-state index in [0.29, 0.717) is 17.7 Å². The van der Waals surface area contributed by atoms with E-state index >= 15 is 0 Å². The molecule has 0 aromatic heterocycles. The van der Waals surface area contributed by atoms with Crippen molar-refractivity contribution in [2.24, 2.45) is 0 Å². The van der Waals surface area contributed by atoms with Crippen LogP contribution in [0.1, 0.15) is 54.6 Å². The Labute approximate surface area is 227 Å². The first kappa shape index (κ1) is 28.1. The lowest BCUT2D eigenvalue weighted by Gasteiger charge is -2.37. The zero-order valence-corrected chi connectivity index (χ0v) is 22.1. The van der Waals surface area contributed by atoms with Crippen molar-refractivity contribution in [1.29, 1.82) is 0 Å². The van der Waals surface area contributed by atoms with E-state index < -0.39 is 11.7 Å². The summed E-state index contributed by atoms with van der Waals surface area (Å²) >= 11 is 0. The molecule has 0 unspecified atom stereocenters. The number of ether oxygens (including phenoxy) is 1. The first-order chi connectivity index (χ1) is 18.8. The van der Waals surface area contributed by atoms with E-state index in [9.17, 15) is 18.0 Å². The minimum Gasteiger partial charge on any atom is -0.466 e. The van der Waals surface area contributed by atoms with Crippen LogP contribution >= 0.6 is 0 Å². The number of halogens is 3. The summed E-state index contributed by atoms with van der Waals surface area (Å²) in [5.41, 5.74) is 3.43. The van der Waals surface area contributed by atoms with Gasteiger partial charge in [0.05, 0.1) is 18.6 Å². The van der Waals surface area contributed by atoms with E-state index in [0.717, 1.165) is 28.8 Å². The van der Waals surface area contributed by atoms with Crippen LogP contribution in [-0.2, 0) is 22.3 Å². The molecule has 0 heterocycles. The Bertz CT molecular complexity index is 1360. The average molecular weight is 532 g/mol. The first-order valence-corrected chi connectivity index (χ1v) is 13.0. The Morgan fingerprint density at radius 2 is 1.38 bits per heavy atom. The second kappa shape index (κ2) is 12.8. The van der Waals surface area contributed by atoms with Crippen molar-refractivity contribution in [2.75, 3.05) is 6.61 Å². The molecule has 4 aromatic carbocycles. The van der Waals surface area contributed by atoms with Gasteiger partial charge in [-0.1, -0.05) is 91.0 Å². The summed E-state index contributed by atoms with van der Waals surface area (Å²) in [5, 5.41) is 0. The number of hydrogen-bond donors (Lipinski definition) is 0. The van der Waals surface area contributed by atoms with Crippen molar-refractivity contribution in [2.45, 2.75) is 45.1 Å². The van der Waals surface area contributed by atoms with E-state index in [1.54, 1.807) is 19.1 Å². The minimum atomic E-state index is -4.43. The Balaban J connectivity index is 1.79. The van der Waals surface area contributed by atoms with Crippen molar-refractivity contribution in [3.05, 3.63) is 131 Å². The summed E-state index contributed by atoms with van der Waals surface area (Å²) in [6.45, 7) is 4.71. The van der Waals surface area contributed by atoms with Gasteiger partial charge >= 0.3 is 12.1 Å². The Kier molecular flexibility index (Phi) is 9.20. The molecule has 202 valence electrons. The molecule has 0 saturated heterocycles. The largest absolute Gasteiger partial charge is 0.466 e. The Hall–Kier alpha value is -3.90. The predicted octanol–water partition coefficient (Wildman–Crippen LogP) is 8.63. The molecule has 0 aliphatic heterocycles. The van der Waals surface area contributed by atoms with Crippen LogP contribution in [-0.4, -0.2) is 17.5 Å². The van der Waals surface area contributed by atoms with E-state index in [2.05, 4.69) is 24.0 Å². The molecular weight excluding hydrogens is 499 g/mol. The molecule has 0 N–H and O–H groups in total. The molecule has 0 saturated carbocycles. The number of nitrogens with zero attached hydrogens (tertiary/aromatic N) is 1. The highest BCUT2D eigenvalue weighted by Gasteiger charge is 2.31. The molecule has 2 atom stereocenters. The second-order valence-electron chi connectivity index (χ2n) is 9.47. The van der Waals surface area contributed by atoms with Gasteiger partial charge in [-0.3, -0.25) is 9.69 Å². The standard InChI is InChI=1S/C33H32F3NO2/c1-3-39-32(38)22-31(29-18-10-16-27(20-29)28-17-11-19-30(21-28)33(34,35)36)37(23-25-12-6-4-7-13-25)24(2)26-14-8-5-9-15-26/h4-21,24,31H,3,22-23H2,1-2H3/t24-,31+/m1/s1. The number of alkyl halides is 3. The molecule has 4 rings (SSSR count). The van der Waals surface area contributed by atoms with E-state index in [4.69, 9.17) is 4.74 Å². The smallest absolute Gasteiger partial charge is 0.416 e. The third kappa shape index (κ3) is 7.36. The molecule has 4 aromatic rings. The molecule has 0 aliphatic carbocycles. The van der Waals surface area contributed by atoms with Crippen LogP contribution in [0, 0.1) is 0 Å². The van der Waals surface area contributed by atoms with Crippen molar-refractivity contribution >= 4 is 5.97 Å². The van der Waals surface area contributed by atoms with Gasteiger partial charge in [0.25, 0.3) is 0 Å². The van der Waals surface area contributed by atoms with Crippen LogP contribution < -0.4 is 0 Å². The normalized spacial score (nSPS) is 13.2. The van der Waals surface area contributed by atoms with Gasteiger partial charge in [0, 0.05) is 18.6 Å². The van der Waals surface area contributed by atoms with Crippen LogP contribution in [0.3, 0.4) is 0 Å². The maximum atomic E-state index is 13.4. The van der Waals surface area contributed by atoms with Crippen LogP contribution in [0.15, 0.2) is 109 Å². The Morgan fingerprint density at radius 1 is 0.795 bits per heavy atom. The highest BCUT2D eigenvalue weighted by atomic mass is 19.4. The molecule has 3 nitrogen and oxygen atoms in total. The number of carbonyl (C=O) groups is 1. The molecule has 0 radical (unpaired) electrons. The second-order valence-corrected chi connectivity index (χ2v) is 9.47. The summed E-state index contributed by atoms with van der Waals surface area (Å²) in [6.07, 6.45) is -4.33. The van der Waals surface area contributed by atoms with Crippen LogP contribution in [0.2, 0.25) is 0 Å². The summed E-state index contributed by atoms with van der Waals surface area (Å²) in [5.74, 6) is -0.328. The molecule has 0 spiro atoms. The zero-order chi connectivity index (χ0) is 27.8. The minimum absolute atomic E-state index is 0.0666. The fourth-order valence-corrected chi connectivity index (χ4v) is 4.84. The fraction of sp³-hybridized carbons (Fsp3) is 0.242. The zero-order valence-electron chi connectivity index (χ0n) is 22.1. The highest BCUT2D eigenvalue weighted by molar-refractivity contribution is 5.71. The summed E-state index contributed by atoms with van der Waals surface area (Å²) in [6, 6.07) is 32.4. The number of benzene rings is 4. The fourth-order valence-electron chi connectivity index (χ4n) is 4.84. The summed E-state index contributed by atoms with van der Waals surface area (Å²) in [4.78, 5) is 15.1. The van der Waals surface area contributed by atoms with Crippen LogP contribution in [0.4, 0.5) is 13.2 Å². The van der Waals surface area contributed by atoms with Gasteiger partial charge in [0.2, 0.25) is 0 Å². The predicted molar refractivity (Wildman–Crippen MR) is 148 cm³/mol. The maximum absolute atomic E-state index is 13.4. The molecule has 0 amide bonds. The number of carbonyl (C=O) groups excluding carboxylic acids is 1. The quantitative estimate of drug-likeness (QED) is 0.192. The molecule has 39 heavy (non-hydrogen) atoms. The van der Waals surface area contributed by atoms with E-state index in [1.807, 2.05) is 66.7 Å². The van der Waals surface area contributed by atoms with Gasteiger partial charge in [-0.25, -0.2) is 0 Å². The topological polar surface area (TPSA) is 29.5 Å². The first-order valence-electron chi connectivity index (χ1n) is 13.0. The van der Waals surface area contributed by atoms with Gasteiger partial charge in [-0.2, -0.15) is 13.2 Å². The highest BCUT2D eigenvalue weighted by Crippen LogP contribution is 2.37. The van der Waals surface area contributed by atoms with Crippen LogP contribution in [0.25, 0.3) is 11.1 Å². The Morgan fingerprint density at radius 3 is 2.03 bits per heavy atom. The average Bonchev–Trinajstić information content (AvgIpc) is 2.95. The SMILES string of the molecule is CCOC(=O)C[C@@H](c1cccc(-c2cccc(C(F)(F)F)c2)c1)N(Cc1ccccc1)[C@H](C)c1ccccc1. The number of rotatable bonds is 10. The molecule has 0 bridgehead atoms. The monoisotopic (exact) mass is 531 g/mol. The molecular formula is C33H32F3NO2. The molecule has 0 aliphatic rings. The maximum Gasteiger partial charge on any atom is 0.416 e.